The van der Waals surface area contributed by atoms with Crippen molar-refractivity contribution in [2.24, 2.45) is 11.7 Å². The van der Waals surface area contributed by atoms with Crippen LogP contribution in [-0.2, 0) is 10.0 Å². The van der Waals surface area contributed by atoms with E-state index in [0.717, 1.165) is 12.8 Å². The fraction of sp³-hybridized carbons (Fsp3) is 0.538. The number of nitrogens with two attached hydrogens (primary N) is 1. The van der Waals surface area contributed by atoms with E-state index in [2.05, 4.69) is 0 Å². The molecule has 0 aromatic heterocycles. The Balaban J connectivity index is 0.00000220. The summed E-state index contributed by atoms with van der Waals surface area (Å²) >= 11 is 12.0. The first-order chi connectivity index (χ1) is 9.39. The van der Waals surface area contributed by atoms with Crippen LogP contribution in [0.1, 0.15) is 19.8 Å². The van der Waals surface area contributed by atoms with E-state index in [9.17, 15) is 8.42 Å². The minimum absolute atomic E-state index is 0. The number of hydrogen-bond acceptors (Lipinski definition) is 3. The molecule has 0 amide bonds. The molecule has 2 N–H and O–H groups in total. The molecule has 120 valence electrons. The van der Waals surface area contributed by atoms with Crippen molar-refractivity contribution in [3.05, 3.63) is 28.2 Å². The van der Waals surface area contributed by atoms with Gasteiger partial charge in [-0.05, 0) is 30.9 Å². The summed E-state index contributed by atoms with van der Waals surface area (Å²) in [5.41, 5.74) is 5.76. The van der Waals surface area contributed by atoms with E-state index in [-0.39, 0.29) is 39.3 Å². The van der Waals surface area contributed by atoms with Crippen LogP contribution in [0.4, 0.5) is 0 Å². The van der Waals surface area contributed by atoms with Crippen LogP contribution in [0.3, 0.4) is 0 Å². The van der Waals surface area contributed by atoms with Crippen molar-refractivity contribution in [1.82, 2.24) is 4.31 Å². The molecule has 0 spiro atoms. The molecule has 0 radical (unpaired) electrons. The van der Waals surface area contributed by atoms with E-state index in [0.29, 0.717) is 13.1 Å². The maximum atomic E-state index is 12.8. The first-order valence-corrected chi connectivity index (χ1v) is 8.75. The predicted molar refractivity (Wildman–Crippen MR) is 88.8 cm³/mol. The van der Waals surface area contributed by atoms with E-state index in [1.54, 1.807) is 12.1 Å². The molecule has 1 heterocycles. The zero-order chi connectivity index (χ0) is 14.9. The van der Waals surface area contributed by atoms with Crippen LogP contribution >= 0.6 is 35.6 Å². The van der Waals surface area contributed by atoms with Crippen molar-refractivity contribution < 1.29 is 8.42 Å². The van der Waals surface area contributed by atoms with E-state index >= 15 is 0 Å². The third-order valence-electron chi connectivity index (χ3n) is 3.81. The van der Waals surface area contributed by atoms with E-state index in [1.807, 2.05) is 6.92 Å². The maximum Gasteiger partial charge on any atom is 0.244 e. The van der Waals surface area contributed by atoms with Gasteiger partial charge in [0.05, 0.1) is 10.0 Å². The highest BCUT2D eigenvalue weighted by atomic mass is 35.5. The van der Waals surface area contributed by atoms with Crippen LogP contribution in [0.15, 0.2) is 23.1 Å². The van der Waals surface area contributed by atoms with Crippen LogP contribution < -0.4 is 5.73 Å². The summed E-state index contributed by atoms with van der Waals surface area (Å²) < 4.78 is 27.1. The zero-order valence-electron chi connectivity index (χ0n) is 11.6. The minimum Gasteiger partial charge on any atom is -0.329 e. The quantitative estimate of drug-likeness (QED) is 0.885. The van der Waals surface area contributed by atoms with Gasteiger partial charge in [-0.2, -0.15) is 4.31 Å². The van der Waals surface area contributed by atoms with Gasteiger partial charge in [0.15, 0.2) is 0 Å². The van der Waals surface area contributed by atoms with Gasteiger partial charge in [0.1, 0.15) is 4.90 Å². The van der Waals surface area contributed by atoms with Crippen molar-refractivity contribution >= 4 is 45.6 Å². The fourth-order valence-electron chi connectivity index (χ4n) is 2.67. The molecular formula is C13H19Cl3N2O2S. The lowest BCUT2D eigenvalue weighted by Gasteiger charge is -2.38. The van der Waals surface area contributed by atoms with Crippen molar-refractivity contribution in [2.75, 3.05) is 13.1 Å². The molecule has 2 unspecified atom stereocenters. The topological polar surface area (TPSA) is 63.4 Å². The molecule has 1 aliphatic rings. The Kier molecular flexibility index (Phi) is 6.78. The zero-order valence-corrected chi connectivity index (χ0v) is 14.8. The predicted octanol–water partition coefficient (Wildman–Crippen LogP) is 3.16. The molecule has 0 saturated carbocycles. The average molecular weight is 374 g/mol. The van der Waals surface area contributed by atoms with Gasteiger partial charge in [-0.15, -0.1) is 12.4 Å². The van der Waals surface area contributed by atoms with Crippen LogP contribution in [0.25, 0.3) is 0 Å². The number of nitrogens with zero attached hydrogens (tertiary/aromatic N) is 1. The van der Waals surface area contributed by atoms with Gasteiger partial charge in [-0.1, -0.05) is 36.2 Å². The number of rotatable bonds is 3. The van der Waals surface area contributed by atoms with Crippen molar-refractivity contribution in [1.29, 1.82) is 0 Å². The smallest absolute Gasteiger partial charge is 0.244 e. The number of hydrogen-bond donors (Lipinski definition) is 1. The normalized spacial score (nSPS) is 23.6. The number of piperidine rings is 1. The second-order valence-corrected chi connectivity index (χ2v) is 7.73. The Labute approximate surface area is 142 Å². The lowest BCUT2D eigenvalue weighted by Crippen LogP contribution is -2.51. The van der Waals surface area contributed by atoms with E-state index < -0.39 is 10.0 Å². The van der Waals surface area contributed by atoms with E-state index in [1.165, 1.54) is 10.4 Å². The first-order valence-electron chi connectivity index (χ1n) is 6.55. The van der Waals surface area contributed by atoms with Gasteiger partial charge in [-0.3, -0.25) is 0 Å². The lowest BCUT2D eigenvalue weighted by atomic mass is 9.93. The molecule has 2 rings (SSSR count). The summed E-state index contributed by atoms with van der Waals surface area (Å²) in [6, 6.07) is 4.45. The number of halogens is 3. The second-order valence-electron chi connectivity index (χ2n) is 5.09. The van der Waals surface area contributed by atoms with Crippen LogP contribution in [0.5, 0.6) is 0 Å². The number of sulfonamides is 1. The maximum absolute atomic E-state index is 12.8. The third kappa shape index (κ3) is 3.66. The Bertz CT molecular complexity index is 595. The second kappa shape index (κ2) is 7.49. The van der Waals surface area contributed by atoms with Gasteiger partial charge in [0.2, 0.25) is 10.0 Å². The van der Waals surface area contributed by atoms with Gasteiger partial charge in [-0.25, -0.2) is 8.42 Å². The highest BCUT2D eigenvalue weighted by molar-refractivity contribution is 7.89. The molecule has 21 heavy (non-hydrogen) atoms. The van der Waals surface area contributed by atoms with Gasteiger partial charge >= 0.3 is 0 Å². The molecule has 1 aliphatic heterocycles. The summed E-state index contributed by atoms with van der Waals surface area (Å²) in [6.07, 6.45) is 1.81. The van der Waals surface area contributed by atoms with Gasteiger partial charge < -0.3 is 5.73 Å². The molecule has 8 heteroatoms. The Hall–Kier alpha value is -0.0400. The summed E-state index contributed by atoms with van der Waals surface area (Å²) in [5.74, 6) is 0.237. The summed E-state index contributed by atoms with van der Waals surface area (Å²) in [7, 11) is -3.67. The minimum atomic E-state index is -3.67. The third-order valence-corrected chi connectivity index (χ3v) is 6.71. The molecule has 1 saturated heterocycles. The summed E-state index contributed by atoms with van der Waals surface area (Å²) in [5, 5.41) is 0.310. The monoisotopic (exact) mass is 372 g/mol. The first kappa shape index (κ1) is 19.0. The Morgan fingerprint density at radius 3 is 2.67 bits per heavy atom. The standard InChI is InChI=1S/C13H18Cl2N2O2S.ClH/c1-9-4-3-7-17(11(9)8-16)20(18,19)12-6-2-5-10(14)13(12)15;/h2,5-6,9,11H,3-4,7-8,16H2,1H3;1H. The van der Waals surface area contributed by atoms with E-state index in [4.69, 9.17) is 28.9 Å². The van der Waals surface area contributed by atoms with Crippen molar-refractivity contribution in [3.63, 3.8) is 0 Å². The lowest BCUT2D eigenvalue weighted by molar-refractivity contribution is 0.192. The van der Waals surface area contributed by atoms with Crippen LogP contribution in [0, 0.1) is 5.92 Å². The van der Waals surface area contributed by atoms with Crippen molar-refractivity contribution in [2.45, 2.75) is 30.7 Å². The fourth-order valence-corrected chi connectivity index (χ4v) is 5.18. The molecule has 1 fully saturated rings. The SMILES string of the molecule is CC1CCCN(S(=O)(=O)c2cccc(Cl)c2Cl)C1CN.Cl. The Morgan fingerprint density at radius 2 is 2.05 bits per heavy atom. The van der Waals surface area contributed by atoms with Gasteiger partial charge in [0.25, 0.3) is 0 Å². The summed E-state index contributed by atoms with van der Waals surface area (Å²) in [4.78, 5) is 0.0548. The average Bonchev–Trinajstić information content (AvgIpc) is 2.41. The van der Waals surface area contributed by atoms with Crippen LogP contribution in [-0.4, -0.2) is 31.9 Å². The molecule has 2 atom stereocenters. The molecule has 1 aromatic carbocycles. The number of benzene rings is 1. The molecule has 0 bridgehead atoms. The molecule has 4 nitrogen and oxygen atoms in total. The summed E-state index contributed by atoms with van der Waals surface area (Å²) in [6.45, 7) is 2.80. The highest BCUT2D eigenvalue weighted by Crippen LogP contribution is 2.34. The van der Waals surface area contributed by atoms with Crippen LogP contribution in [0.2, 0.25) is 10.0 Å². The molecule has 0 aliphatic carbocycles. The highest BCUT2D eigenvalue weighted by Gasteiger charge is 2.37. The largest absolute Gasteiger partial charge is 0.329 e. The molecule has 1 aromatic rings. The van der Waals surface area contributed by atoms with Gasteiger partial charge in [0, 0.05) is 19.1 Å². The van der Waals surface area contributed by atoms with Crippen molar-refractivity contribution in [3.8, 4) is 0 Å². The molecular weight excluding hydrogens is 355 g/mol. The Morgan fingerprint density at radius 1 is 1.38 bits per heavy atom.